The highest BCUT2D eigenvalue weighted by atomic mass is 32.1. The Hall–Kier alpha value is -2.46. The van der Waals surface area contributed by atoms with Crippen LogP contribution in [-0.2, 0) is 52.9 Å². The van der Waals surface area contributed by atoms with E-state index in [0.717, 1.165) is 0 Å². The van der Waals surface area contributed by atoms with Gasteiger partial charge in [-0.15, -0.1) is 0 Å². The SMILES string of the molecule is Cn1nccc1NC(=O)[C@@H]1OC2C(COP(=O)([O-])OP(=O)([O-])OP(=O)([O-])O)OC(n3cnc4c(=S)nc(N)[nH]c43)C2O1. The van der Waals surface area contributed by atoms with Crippen LogP contribution < -0.4 is 25.7 Å². The number of aromatic nitrogens is 6. The van der Waals surface area contributed by atoms with Crippen LogP contribution >= 0.6 is 35.7 Å². The van der Waals surface area contributed by atoms with Crippen molar-refractivity contribution in [3.63, 3.8) is 0 Å². The molecule has 5 heterocycles. The molecule has 3 aromatic rings. The van der Waals surface area contributed by atoms with Gasteiger partial charge in [0.05, 0.1) is 19.1 Å². The van der Waals surface area contributed by atoms with Gasteiger partial charge in [-0.2, -0.15) is 5.10 Å². The van der Waals surface area contributed by atoms with Crippen molar-refractivity contribution in [1.82, 2.24) is 29.3 Å². The number of anilines is 2. The van der Waals surface area contributed by atoms with E-state index in [-0.39, 0.29) is 21.8 Å². The number of hydrogen-bond acceptors (Lipinski definition) is 18. The molecule has 22 nitrogen and oxygen atoms in total. The quantitative estimate of drug-likeness (QED) is 0.132. The standard InChI is InChI=1S/C16H21N8O14P3S/c1-23-7(2-3-19-23)20-12(25)15-35-9-6(4-33-40(29,30)38-41(31,32)37-39(26,27)28)34-14(10(9)36-15)24-5-18-8-11(24)21-16(17)22-13(8)42/h2-3,5-6,9-10,14-15H,4H2,1H3,(H,20,25)(H,29,30)(H,31,32)(H2,26,27,28)(H3,17,21,22,42)/p-3/t6?,9?,10?,14?,15-/m1/s1. The number of phosphoric acid groups is 3. The topological polar surface area (TPSA) is 315 Å². The minimum Gasteiger partial charge on any atom is -0.756 e. The summed E-state index contributed by atoms with van der Waals surface area (Å²) in [6, 6.07) is 1.50. The maximum Gasteiger partial charge on any atom is 0.282 e. The van der Waals surface area contributed by atoms with Crippen molar-refractivity contribution in [2.75, 3.05) is 17.7 Å². The molecule has 2 saturated heterocycles. The Morgan fingerprint density at radius 3 is 2.60 bits per heavy atom. The third-order valence-electron chi connectivity index (χ3n) is 5.67. The number of H-pyrrole nitrogens is 1. The Morgan fingerprint density at radius 2 is 1.93 bits per heavy atom. The highest BCUT2D eigenvalue weighted by Crippen LogP contribution is 2.61. The van der Waals surface area contributed by atoms with Crippen LogP contribution in [0.1, 0.15) is 6.23 Å². The number of carbonyl (C=O) groups is 1. The zero-order valence-electron chi connectivity index (χ0n) is 20.6. The van der Waals surface area contributed by atoms with Gasteiger partial charge in [0.2, 0.25) is 6.29 Å². The summed E-state index contributed by atoms with van der Waals surface area (Å²) in [5.41, 5.74) is 6.20. The Labute approximate surface area is 238 Å². The van der Waals surface area contributed by atoms with Crippen molar-refractivity contribution in [2.45, 2.75) is 30.8 Å². The van der Waals surface area contributed by atoms with Crippen LogP contribution in [0.15, 0.2) is 18.6 Å². The summed E-state index contributed by atoms with van der Waals surface area (Å²) in [5.74, 6) is -0.532. The van der Waals surface area contributed by atoms with Crippen LogP contribution in [0.25, 0.3) is 11.2 Å². The predicted molar refractivity (Wildman–Crippen MR) is 130 cm³/mol. The van der Waals surface area contributed by atoms with Gasteiger partial charge in [0, 0.05) is 13.1 Å². The molecular weight excluding hydrogens is 653 g/mol. The van der Waals surface area contributed by atoms with Crippen molar-refractivity contribution in [3.05, 3.63) is 23.2 Å². The lowest BCUT2D eigenvalue weighted by Crippen LogP contribution is -2.34. The van der Waals surface area contributed by atoms with Crippen LogP contribution in [0, 0.1) is 4.64 Å². The first-order chi connectivity index (χ1) is 19.5. The molecule has 230 valence electrons. The molecule has 42 heavy (non-hydrogen) atoms. The molecule has 5 rings (SSSR count). The summed E-state index contributed by atoms with van der Waals surface area (Å²) in [6.45, 7) is -0.988. The minimum absolute atomic E-state index is 0.0469. The summed E-state index contributed by atoms with van der Waals surface area (Å²) >= 11 is 5.17. The molecule has 8 atom stereocenters. The molecule has 0 radical (unpaired) electrons. The lowest BCUT2D eigenvalue weighted by molar-refractivity contribution is -0.250. The van der Waals surface area contributed by atoms with Gasteiger partial charge in [-0.3, -0.25) is 27.7 Å². The largest absolute Gasteiger partial charge is 0.756 e. The van der Waals surface area contributed by atoms with E-state index in [1.54, 1.807) is 7.05 Å². The number of aryl methyl sites for hydroxylation is 1. The number of hydrogen-bond donors (Lipinski definition) is 4. The van der Waals surface area contributed by atoms with E-state index in [2.05, 4.69) is 38.5 Å². The van der Waals surface area contributed by atoms with Gasteiger partial charge in [-0.05, 0) is 0 Å². The number of amides is 1. The first-order valence-corrected chi connectivity index (χ1v) is 16.0. The van der Waals surface area contributed by atoms with E-state index < -0.39 is 66.8 Å². The fourth-order valence-electron chi connectivity index (χ4n) is 4.10. The number of carbonyl (C=O) groups excluding carboxylic acids is 1. The highest BCUT2D eigenvalue weighted by Gasteiger charge is 2.55. The molecule has 2 aliphatic heterocycles. The molecule has 0 spiro atoms. The maximum absolute atomic E-state index is 12.9. The summed E-state index contributed by atoms with van der Waals surface area (Å²) in [6.07, 6.45) is -3.75. The molecule has 3 aromatic heterocycles. The third kappa shape index (κ3) is 6.69. The smallest absolute Gasteiger partial charge is 0.282 e. The second kappa shape index (κ2) is 11.2. The number of rotatable bonds is 10. The number of nitrogens with zero attached hydrogens (tertiary/aromatic N) is 5. The Balaban J connectivity index is 1.38. The number of fused-ring (bicyclic) bond motifs is 2. The summed E-state index contributed by atoms with van der Waals surface area (Å²) < 4.78 is 66.0. The van der Waals surface area contributed by atoms with Crippen LogP contribution in [0.5, 0.6) is 0 Å². The van der Waals surface area contributed by atoms with E-state index >= 15 is 0 Å². The van der Waals surface area contributed by atoms with Gasteiger partial charge < -0.3 is 54.3 Å². The van der Waals surface area contributed by atoms with Gasteiger partial charge in [0.25, 0.3) is 29.4 Å². The number of aromatic amines is 1. The summed E-state index contributed by atoms with van der Waals surface area (Å²) in [7, 11) is -16.4. The lowest BCUT2D eigenvalue weighted by Gasteiger charge is -2.33. The van der Waals surface area contributed by atoms with E-state index in [1.807, 2.05) is 0 Å². The first-order valence-electron chi connectivity index (χ1n) is 11.2. The monoisotopic (exact) mass is 671 g/mol. The van der Waals surface area contributed by atoms with E-state index in [9.17, 15) is 33.2 Å². The van der Waals surface area contributed by atoms with Crippen LogP contribution in [0.3, 0.4) is 0 Å². The Kier molecular flexibility index (Phi) is 8.28. The van der Waals surface area contributed by atoms with Gasteiger partial charge in [0.1, 0.15) is 35.3 Å². The fourth-order valence-corrected chi connectivity index (χ4v) is 7.24. The summed E-state index contributed by atoms with van der Waals surface area (Å²) in [5, 5.41) is 6.47. The van der Waals surface area contributed by atoms with E-state index in [4.69, 9.17) is 37.1 Å². The number of ether oxygens (including phenoxy) is 3. The predicted octanol–water partition coefficient (Wildman–Crippen LogP) is -2.10. The molecular formula is C16H18N8O14P3S-3. The molecule has 2 aliphatic rings. The Bertz CT molecular complexity index is 1720. The first kappa shape index (κ1) is 31.0. The van der Waals surface area contributed by atoms with Crippen LogP contribution in [0.4, 0.5) is 11.8 Å². The van der Waals surface area contributed by atoms with Gasteiger partial charge in [-0.25, -0.2) is 18.6 Å². The van der Waals surface area contributed by atoms with Crippen molar-refractivity contribution in [2.24, 2.45) is 7.05 Å². The molecule has 0 saturated carbocycles. The number of imidazole rings is 1. The molecule has 0 bridgehead atoms. The average molecular weight is 671 g/mol. The fraction of sp³-hybridized carbons (Fsp3) is 0.438. The van der Waals surface area contributed by atoms with Gasteiger partial charge >= 0.3 is 0 Å². The maximum atomic E-state index is 12.9. The van der Waals surface area contributed by atoms with Crippen molar-refractivity contribution >= 4 is 64.5 Å². The van der Waals surface area contributed by atoms with Crippen molar-refractivity contribution in [1.29, 1.82) is 0 Å². The molecule has 0 aromatic carbocycles. The van der Waals surface area contributed by atoms with Crippen LogP contribution in [0.2, 0.25) is 0 Å². The minimum atomic E-state index is -6.14. The second-order valence-electron chi connectivity index (χ2n) is 8.53. The number of nitrogen functional groups attached to an aromatic ring is 1. The average Bonchev–Trinajstić information content (AvgIpc) is 3.60. The van der Waals surface area contributed by atoms with Crippen molar-refractivity contribution < 1.29 is 65.4 Å². The highest BCUT2D eigenvalue weighted by molar-refractivity contribution is 7.71. The molecule has 5 N–H and O–H groups in total. The molecule has 26 heteroatoms. The number of nitrogens with one attached hydrogen (secondary N) is 2. The van der Waals surface area contributed by atoms with Gasteiger partial charge in [-0.1, -0.05) is 12.2 Å². The normalized spacial score (nSPS) is 28.2. The molecule has 0 aliphatic carbocycles. The van der Waals surface area contributed by atoms with E-state index in [0.29, 0.717) is 5.82 Å². The number of phosphoric ester groups is 1. The molecule has 7 unspecified atom stereocenters. The second-order valence-corrected chi connectivity index (χ2v) is 13.2. The van der Waals surface area contributed by atoms with Crippen LogP contribution in [-0.4, -0.2) is 71.3 Å². The molecule has 2 fully saturated rings. The zero-order chi connectivity index (χ0) is 30.6. The lowest BCUT2D eigenvalue weighted by atomic mass is 10.1. The third-order valence-corrected chi connectivity index (χ3v) is 9.65. The van der Waals surface area contributed by atoms with E-state index in [1.165, 1.54) is 27.8 Å². The van der Waals surface area contributed by atoms with Gasteiger partial charge in [0.15, 0.2) is 16.8 Å². The zero-order valence-corrected chi connectivity index (χ0v) is 24.1. The Morgan fingerprint density at radius 1 is 1.21 bits per heavy atom. The summed E-state index contributed by atoms with van der Waals surface area (Å²) in [4.78, 5) is 66.6. The number of nitrogens with two attached hydrogens (primary N) is 1. The molecule has 1 amide bonds. The van der Waals surface area contributed by atoms with Crippen molar-refractivity contribution in [3.8, 4) is 0 Å².